The van der Waals surface area contributed by atoms with Gasteiger partial charge >= 0.3 is 0 Å². The lowest BCUT2D eigenvalue weighted by atomic mass is 10.3. The van der Waals surface area contributed by atoms with Gasteiger partial charge < -0.3 is 0 Å². The Balaban J connectivity index is 0.000000902. The number of nitrogens with zero attached hydrogens (tertiary/aromatic N) is 3. The van der Waals surface area contributed by atoms with Crippen molar-refractivity contribution in [1.82, 2.24) is 13.8 Å². The first kappa shape index (κ1) is 10.2. The molecule has 4 aromatic rings. The maximum Gasteiger partial charge on any atom is 0.219 e. The van der Waals surface area contributed by atoms with Gasteiger partial charge in [-0.15, -0.1) is 12.4 Å². The molecule has 17 heavy (non-hydrogen) atoms. The highest BCUT2D eigenvalue weighted by molar-refractivity contribution is 5.85. The van der Waals surface area contributed by atoms with Gasteiger partial charge in [-0.25, -0.2) is 4.98 Å². The van der Waals surface area contributed by atoms with E-state index >= 15 is 0 Å². The molecule has 0 spiro atoms. The molecular formula is C13H10ClN3. The summed E-state index contributed by atoms with van der Waals surface area (Å²) in [7, 11) is 0. The van der Waals surface area contributed by atoms with Crippen LogP contribution in [0.5, 0.6) is 0 Å². The van der Waals surface area contributed by atoms with E-state index in [0.717, 1.165) is 22.3 Å². The Bertz CT molecular complexity index is 743. The highest BCUT2D eigenvalue weighted by Gasteiger charge is 2.07. The van der Waals surface area contributed by atoms with E-state index in [4.69, 9.17) is 0 Å². The number of para-hydroxylation sites is 2. The number of pyridine rings is 1. The lowest BCUT2D eigenvalue weighted by molar-refractivity contribution is 1.16. The second-order valence-electron chi connectivity index (χ2n) is 3.90. The molecule has 0 aliphatic carbocycles. The predicted molar refractivity (Wildman–Crippen MR) is 70.9 cm³/mol. The monoisotopic (exact) mass is 243 g/mol. The summed E-state index contributed by atoms with van der Waals surface area (Å²) in [5, 5.41) is 0. The van der Waals surface area contributed by atoms with E-state index in [1.54, 1.807) is 0 Å². The van der Waals surface area contributed by atoms with Crippen LogP contribution in [0, 0.1) is 0 Å². The molecule has 1 aromatic carbocycles. The number of halogens is 1. The average molecular weight is 244 g/mol. The number of rotatable bonds is 0. The number of aromatic nitrogens is 3. The molecule has 0 atom stereocenters. The minimum atomic E-state index is 0. The summed E-state index contributed by atoms with van der Waals surface area (Å²) < 4.78 is 4.23. The molecule has 0 amide bonds. The first-order valence-electron chi connectivity index (χ1n) is 5.26. The van der Waals surface area contributed by atoms with Crippen molar-refractivity contribution in [3.05, 3.63) is 54.9 Å². The first-order valence-corrected chi connectivity index (χ1v) is 5.26. The van der Waals surface area contributed by atoms with Crippen LogP contribution in [0.25, 0.3) is 22.3 Å². The van der Waals surface area contributed by atoms with Gasteiger partial charge in [-0.2, -0.15) is 0 Å². The number of benzene rings is 1. The molecule has 3 aromatic heterocycles. The van der Waals surface area contributed by atoms with Crippen LogP contribution < -0.4 is 0 Å². The van der Waals surface area contributed by atoms with Gasteiger partial charge in [-0.05, 0) is 24.3 Å². The second kappa shape index (κ2) is 3.50. The molecule has 0 bridgehead atoms. The van der Waals surface area contributed by atoms with E-state index in [-0.39, 0.29) is 12.4 Å². The fourth-order valence-electron chi connectivity index (χ4n) is 2.20. The Morgan fingerprint density at radius 3 is 2.65 bits per heavy atom. The van der Waals surface area contributed by atoms with Crippen molar-refractivity contribution < 1.29 is 0 Å². The average Bonchev–Trinajstić information content (AvgIpc) is 2.85. The van der Waals surface area contributed by atoms with Gasteiger partial charge in [0.15, 0.2) is 0 Å². The molecule has 0 saturated carbocycles. The second-order valence-corrected chi connectivity index (χ2v) is 3.90. The predicted octanol–water partition coefficient (Wildman–Crippen LogP) is 3.16. The molecule has 0 unspecified atom stereocenters. The minimum absolute atomic E-state index is 0. The number of fused-ring (bicyclic) bond motifs is 5. The van der Waals surface area contributed by atoms with Crippen molar-refractivity contribution in [2.45, 2.75) is 0 Å². The maximum absolute atomic E-state index is 4.63. The van der Waals surface area contributed by atoms with Gasteiger partial charge in [0.2, 0.25) is 5.78 Å². The largest absolute Gasteiger partial charge is 0.286 e. The lowest BCUT2D eigenvalue weighted by Crippen LogP contribution is -1.82. The standard InChI is InChI=1S/C13H9N3.ClH/c1-2-7-12-11(6-1)14-13-15-8-4-3-5-10(15)9-16(12)13;/h1-9H;1H. The Morgan fingerprint density at radius 1 is 0.882 bits per heavy atom. The molecule has 84 valence electrons. The normalized spacial score (nSPS) is 11.1. The number of hydrogen-bond donors (Lipinski definition) is 0. The zero-order valence-electron chi connectivity index (χ0n) is 8.95. The van der Waals surface area contributed by atoms with Gasteiger partial charge in [-0.1, -0.05) is 18.2 Å². The fourth-order valence-corrected chi connectivity index (χ4v) is 2.20. The van der Waals surface area contributed by atoms with Crippen LogP contribution in [-0.2, 0) is 0 Å². The molecule has 4 heteroatoms. The van der Waals surface area contributed by atoms with Crippen molar-refractivity contribution in [2.75, 3.05) is 0 Å². The Kier molecular flexibility index (Phi) is 2.09. The zero-order valence-corrected chi connectivity index (χ0v) is 9.76. The zero-order chi connectivity index (χ0) is 10.5. The fraction of sp³-hybridized carbons (Fsp3) is 0. The van der Waals surface area contributed by atoms with Crippen LogP contribution in [0.4, 0.5) is 0 Å². The van der Waals surface area contributed by atoms with Crippen molar-refractivity contribution in [1.29, 1.82) is 0 Å². The molecule has 0 radical (unpaired) electrons. The van der Waals surface area contributed by atoms with Crippen LogP contribution >= 0.6 is 12.4 Å². The number of hydrogen-bond acceptors (Lipinski definition) is 1. The molecule has 0 aliphatic rings. The molecule has 4 rings (SSSR count). The van der Waals surface area contributed by atoms with E-state index in [0.29, 0.717) is 0 Å². The summed E-state index contributed by atoms with van der Waals surface area (Å²) in [4.78, 5) is 4.63. The summed E-state index contributed by atoms with van der Waals surface area (Å²) >= 11 is 0. The summed E-state index contributed by atoms with van der Waals surface area (Å²) in [6.07, 6.45) is 4.15. The number of imidazole rings is 2. The summed E-state index contributed by atoms with van der Waals surface area (Å²) in [5.74, 6) is 0.969. The van der Waals surface area contributed by atoms with E-state index in [2.05, 4.69) is 32.1 Å². The van der Waals surface area contributed by atoms with E-state index in [1.807, 2.05) is 36.5 Å². The summed E-state index contributed by atoms with van der Waals surface area (Å²) in [6.45, 7) is 0. The Labute approximate surface area is 104 Å². The first-order chi connectivity index (χ1) is 7.93. The summed E-state index contributed by atoms with van der Waals surface area (Å²) in [5.41, 5.74) is 3.35. The van der Waals surface area contributed by atoms with Gasteiger partial charge in [0.1, 0.15) is 0 Å². The van der Waals surface area contributed by atoms with Gasteiger partial charge in [0.25, 0.3) is 0 Å². The molecule has 0 N–H and O–H groups in total. The Morgan fingerprint density at radius 2 is 1.71 bits per heavy atom. The van der Waals surface area contributed by atoms with Crippen LogP contribution in [0.1, 0.15) is 0 Å². The van der Waals surface area contributed by atoms with Crippen LogP contribution in [0.2, 0.25) is 0 Å². The Hall–Kier alpha value is -2.00. The molecule has 3 nitrogen and oxygen atoms in total. The quantitative estimate of drug-likeness (QED) is 0.465. The maximum atomic E-state index is 4.63. The smallest absolute Gasteiger partial charge is 0.219 e. The van der Waals surface area contributed by atoms with Crippen molar-refractivity contribution in [2.24, 2.45) is 0 Å². The molecule has 3 heterocycles. The third kappa shape index (κ3) is 1.26. The van der Waals surface area contributed by atoms with Crippen LogP contribution in [-0.4, -0.2) is 13.8 Å². The highest BCUT2D eigenvalue weighted by Crippen LogP contribution is 2.19. The third-order valence-corrected chi connectivity index (χ3v) is 2.95. The van der Waals surface area contributed by atoms with Crippen molar-refractivity contribution in [3.8, 4) is 0 Å². The van der Waals surface area contributed by atoms with Crippen LogP contribution in [0.3, 0.4) is 0 Å². The van der Waals surface area contributed by atoms with Crippen molar-refractivity contribution in [3.63, 3.8) is 0 Å². The van der Waals surface area contributed by atoms with Gasteiger partial charge in [0.05, 0.1) is 16.6 Å². The molecular weight excluding hydrogens is 234 g/mol. The minimum Gasteiger partial charge on any atom is -0.286 e. The lowest BCUT2D eigenvalue weighted by Gasteiger charge is -1.90. The van der Waals surface area contributed by atoms with Crippen LogP contribution in [0.15, 0.2) is 54.9 Å². The SMILES string of the molecule is Cl.c1ccc2c(c1)nc1n3ccccc3cn21. The highest BCUT2D eigenvalue weighted by atomic mass is 35.5. The third-order valence-electron chi connectivity index (χ3n) is 2.95. The van der Waals surface area contributed by atoms with E-state index < -0.39 is 0 Å². The van der Waals surface area contributed by atoms with Gasteiger partial charge in [-0.3, -0.25) is 8.80 Å². The molecule has 0 fully saturated rings. The topological polar surface area (TPSA) is 21.7 Å². The molecule has 0 aliphatic heterocycles. The van der Waals surface area contributed by atoms with Crippen molar-refractivity contribution >= 4 is 34.7 Å². The van der Waals surface area contributed by atoms with E-state index in [9.17, 15) is 0 Å². The molecule has 0 saturated heterocycles. The summed E-state index contributed by atoms with van der Waals surface area (Å²) in [6, 6.07) is 14.3. The van der Waals surface area contributed by atoms with Gasteiger partial charge in [0, 0.05) is 12.4 Å². The van der Waals surface area contributed by atoms with E-state index in [1.165, 1.54) is 0 Å².